The predicted molar refractivity (Wildman–Crippen MR) is 64.1 cm³/mol. The van der Waals surface area contributed by atoms with E-state index in [4.69, 9.17) is 0 Å². The molecule has 2 heteroatoms. The topological polar surface area (TPSA) is 17.1 Å². The zero-order valence-electron chi connectivity index (χ0n) is 9.03. The number of carbonyl (C=O) groups excluding carboxylic acids is 1. The van der Waals surface area contributed by atoms with Crippen LogP contribution in [0.3, 0.4) is 0 Å². The van der Waals surface area contributed by atoms with E-state index in [1.165, 1.54) is 11.3 Å². The molecule has 1 aromatic rings. The fourth-order valence-electron chi connectivity index (χ4n) is 1.90. The first kappa shape index (κ1) is 10.6. The monoisotopic (exact) mass is 220 g/mol. The number of allylic oxidation sites excluding steroid dienone is 2. The van der Waals surface area contributed by atoms with E-state index in [0.717, 1.165) is 24.3 Å². The van der Waals surface area contributed by atoms with E-state index in [9.17, 15) is 4.79 Å². The van der Waals surface area contributed by atoms with Crippen molar-refractivity contribution in [1.29, 1.82) is 0 Å². The van der Waals surface area contributed by atoms with Gasteiger partial charge in [-0.25, -0.2) is 0 Å². The van der Waals surface area contributed by atoms with Gasteiger partial charge in [-0.2, -0.15) is 0 Å². The van der Waals surface area contributed by atoms with Gasteiger partial charge in [0, 0.05) is 11.3 Å². The molecule has 0 N–H and O–H groups in total. The summed E-state index contributed by atoms with van der Waals surface area (Å²) in [5.74, 6) is 1.08. The highest BCUT2D eigenvalue weighted by Gasteiger charge is 2.16. The van der Waals surface area contributed by atoms with Crippen molar-refractivity contribution in [2.24, 2.45) is 5.92 Å². The molecule has 1 atom stereocenters. The molecular formula is C13H16OS. The first-order valence-electron chi connectivity index (χ1n) is 5.50. The lowest BCUT2D eigenvalue weighted by molar-refractivity contribution is -0.115. The molecule has 2 rings (SSSR count). The summed E-state index contributed by atoms with van der Waals surface area (Å²) in [6, 6.07) is 4.04. The van der Waals surface area contributed by atoms with Gasteiger partial charge in [0.1, 0.15) is 0 Å². The van der Waals surface area contributed by atoms with Crippen LogP contribution in [0, 0.1) is 5.92 Å². The van der Waals surface area contributed by atoms with Crippen molar-refractivity contribution in [1.82, 2.24) is 0 Å². The molecule has 0 spiro atoms. The Hall–Kier alpha value is -0.890. The molecular weight excluding hydrogens is 204 g/mol. The largest absolute Gasteiger partial charge is 0.294 e. The molecule has 1 unspecified atom stereocenters. The van der Waals surface area contributed by atoms with Crippen LogP contribution in [0.5, 0.6) is 0 Å². The molecule has 1 heterocycles. The molecule has 0 aromatic carbocycles. The molecule has 1 aliphatic rings. The molecule has 0 saturated heterocycles. The van der Waals surface area contributed by atoms with Crippen LogP contribution < -0.4 is 0 Å². The maximum atomic E-state index is 11.9. The van der Waals surface area contributed by atoms with E-state index in [0.29, 0.717) is 12.2 Å². The number of rotatable bonds is 3. The minimum absolute atomic E-state index is 0.323. The van der Waals surface area contributed by atoms with Crippen LogP contribution in [0.1, 0.15) is 31.1 Å². The molecule has 0 saturated carbocycles. The first-order chi connectivity index (χ1) is 7.25. The minimum atomic E-state index is 0.323. The third-order valence-corrected chi connectivity index (χ3v) is 3.82. The van der Waals surface area contributed by atoms with Crippen molar-refractivity contribution >= 4 is 17.1 Å². The van der Waals surface area contributed by atoms with Crippen LogP contribution in [0.15, 0.2) is 29.2 Å². The molecule has 1 aromatic heterocycles. The summed E-state index contributed by atoms with van der Waals surface area (Å²) < 4.78 is 0. The summed E-state index contributed by atoms with van der Waals surface area (Å²) in [7, 11) is 0. The summed E-state index contributed by atoms with van der Waals surface area (Å²) in [4.78, 5) is 13.1. The Kier molecular flexibility index (Phi) is 3.37. The third kappa shape index (κ3) is 2.78. The summed E-state index contributed by atoms with van der Waals surface area (Å²) >= 11 is 1.67. The van der Waals surface area contributed by atoms with E-state index < -0.39 is 0 Å². The van der Waals surface area contributed by atoms with E-state index in [-0.39, 0.29) is 0 Å². The second kappa shape index (κ2) is 4.75. The minimum Gasteiger partial charge on any atom is -0.294 e. The SMILES string of the molecule is CC1CC=C(C(=O)Cc2cccs2)CC1. The van der Waals surface area contributed by atoms with Crippen molar-refractivity contribution in [3.05, 3.63) is 34.0 Å². The van der Waals surface area contributed by atoms with Crippen molar-refractivity contribution in [3.8, 4) is 0 Å². The van der Waals surface area contributed by atoms with E-state index in [1.54, 1.807) is 11.3 Å². The van der Waals surface area contributed by atoms with Crippen molar-refractivity contribution in [3.63, 3.8) is 0 Å². The van der Waals surface area contributed by atoms with E-state index in [2.05, 4.69) is 13.0 Å². The Balaban J connectivity index is 1.97. The zero-order valence-corrected chi connectivity index (χ0v) is 9.85. The lowest BCUT2D eigenvalue weighted by atomic mass is 9.88. The van der Waals surface area contributed by atoms with Crippen LogP contribution in [0.25, 0.3) is 0 Å². The number of hydrogen-bond acceptors (Lipinski definition) is 2. The number of hydrogen-bond donors (Lipinski definition) is 0. The maximum Gasteiger partial charge on any atom is 0.163 e. The molecule has 0 aliphatic heterocycles. The van der Waals surface area contributed by atoms with Gasteiger partial charge in [-0.05, 0) is 42.2 Å². The highest BCUT2D eigenvalue weighted by molar-refractivity contribution is 7.10. The van der Waals surface area contributed by atoms with Crippen molar-refractivity contribution in [2.45, 2.75) is 32.6 Å². The predicted octanol–water partition coefficient (Wildman–Crippen LogP) is 3.61. The second-order valence-electron chi connectivity index (χ2n) is 4.29. The first-order valence-corrected chi connectivity index (χ1v) is 6.38. The van der Waals surface area contributed by atoms with Crippen molar-refractivity contribution < 1.29 is 4.79 Å². The van der Waals surface area contributed by atoms with Crippen LogP contribution in [0.2, 0.25) is 0 Å². The van der Waals surface area contributed by atoms with Gasteiger partial charge in [-0.3, -0.25) is 4.79 Å². The van der Waals surface area contributed by atoms with Gasteiger partial charge in [0.25, 0.3) is 0 Å². The molecule has 1 nitrogen and oxygen atoms in total. The standard InChI is InChI=1S/C13H16OS/c1-10-4-6-11(7-5-10)13(14)9-12-3-2-8-15-12/h2-3,6,8,10H,4-5,7,9H2,1H3. The Morgan fingerprint density at radius 3 is 3.07 bits per heavy atom. The van der Waals surface area contributed by atoms with Crippen LogP contribution in [0.4, 0.5) is 0 Å². The van der Waals surface area contributed by atoms with Gasteiger partial charge in [-0.1, -0.05) is 19.1 Å². The maximum absolute atomic E-state index is 11.9. The van der Waals surface area contributed by atoms with Gasteiger partial charge >= 0.3 is 0 Å². The van der Waals surface area contributed by atoms with Gasteiger partial charge in [0.15, 0.2) is 5.78 Å². The van der Waals surface area contributed by atoms with Crippen molar-refractivity contribution in [2.75, 3.05) is 0 Å². The fourth-order valence-corrected chi connectivity index (χ4v) is 2.61. The quantitative estimate of drug-likeness (QED) is 0.760. The average Bonchev–Trinajstić information content (AvgIpc) is 2.71. The average molecular weight is 220 g/mol. The van der Waals surface area contributed by atoms with Gasteiger partial charge in [0.05, 0.1) is 0 Å². The molecule has 1 aliphatic carbocycles. The zero-order chi connectivity index (χ0) is 10.7. The number of carbonyl (C=O) groups is 1. The Morgan fingerprint density at radius 2 is 2.47 bits per heavy atom. The highest BCUT2D eigenvalue weighted by atomic mass is 32.1. The van der Waals surface area contributed by atoms with E-state index in [1.807, 2.05) is 17.5 Å². The Bertz CT molecular complexity index is 362. The molecule has 0 amide bonds. The van der Waals surface area contributed by atoms with Gasteiger partial charge in [0.2, 0.25) is 0 Å². The summed E-state index contributed by atoms with van der Waals surface area (Å²) in [6.45, 7) is 2.25. The van der Waals surface area contributed by atoms with Crippen LogP contribution >= 0.6 is 11.3 Å². The Morgan fingerprint density at radius 1 is 1.60 bits per heavy atom. The molecule has 80 valence electrons. The fraction of sp³-hybridized carbons (Fsp3) is 0.462. The summed E-state index contributed by atoms with van der Waals surface area (Å²) in [5, 5.41) is 2.03. The smallest absolute Gasteiger partial charge is 0.163 e. The molecule has 15 heavy (non-hydrogen) atoms. The summed E-state index contributed by atoms with van der Waals surface area (Å²) in [5.41, 5.74) is 1.06. The second-order valence-corrected chi connectivity index (χ2v) is 5.32. The Labute approximate surface area is 94.8 Å². The lowest BCUT2D eigenvalue weighted by Crippen LogP contribution is -2.11. The third-order valence-electron chi connectivity index (χ3n) is 2.95. The van der Waals surface area contributed by atoms with E-state index >= 15 is 0 Å². The molecule has 0 bridgehead atoms. The molecule has 0 fully saturated rings. The number of ketones is 1. The van der Waals surface area contributed by atoms with Gasteiger partial charge < -0.3 is 0 Å². The normalized spacial score (nSPS) is 21.1. The summed E-state index contributed by atoms with van der Waals surface area (Å²) in [6.07, 6.45) is 5.96. The number of thiophene rings is 1. The lowest BCUT2D eigenvalue weighted by Gasteiger charge is -2.16. The molecule has 0 radical (unpaired) electrons. The van der Waals surface area contributed by atoms with Crippen LogP contribution in [-0.4, -0.2) is 5.78 Å². The van der Waals surface area contributed by atoms with Crippen LogP contribution in [-0.2, 0) is 11.2 Å². The highest BCUT2D eigenvalue weighted by Crippen LogP contribution is 2.24. The number of Topliss-reactive ketones (excluding diaryl/α,β-unsaturated/α-hetero) is 1. The van der Waals surface area contributed by atoms with Gasteiger partial charge in [-0.15, -0.1) is 11.3 Å².